The molecule has 0 heterocycles. The molecule has 0 fully saturated rings. The lowest BCUT2D eigenvalue weighted by Crippen LogP contribution is -2.52. The average Bonchev–Trinajstić information content (AvgIpc) is 2.86. The Balaban J connectivity index is 1.89. The lowest BCUT2D eigenvalue weighted by atomic mass is 10.0. The second kappa shape index (κ2) is 12.7. The molecule has 0 saturated carbocycles. The molecule has 0 spiro atoms. The first-order chi connectivity index (χ1) is 16.8. The predicted molar refractivity (Wildman–Crippen MR) is 140 cm³/mol. The van der Waals surface area contributed by atoms with Crippen molar-refractivity contribution in [3.63, 3.8) is 0 Å². The number of carbonyl (C=O) groups excluding carboxylic acids is 2. The molecule has 0 bridgehead atoms. The Hall–Kier alpha value is -3.60. The molecule has 3 rings (SSSR count). The molecule has 5 heteroatoms. The van der Waals surface area contributed by atoms with E-state index in [9.17, 15) is 9.59 Å². The van der Waals surface area contributed by atoms with E-state index in [1.165, 1.54) is 0 Å². The number of hydrogen-bond acceptors (Lipinski definition) is 3. The highest BCUT2D eigenvalue weighted by Crippen LogP contribution is 2.21. The van der Waals surface area contributed by atoms with Crippen molar-refractivity contribution in [2.45, 2.75) is 46.7 Å². The molecule has 1 N–H and O–H groups in total. The van der Waals surface area contributed by atoms with Crippen molar-refractivity contribution in [2.75, 3.05) is 13.2 Å². The highest BCUT2D eigenvalue weighted by Gasteiger charge is 2.30. The van der Waals surface area contributed by atoms with Crippen molar-refractivity contribution in [3.8, 4) is 5.75 Å². The van der Waals surface area contributed by atoms with Crippen molar-refractivity contribution in [1.29, 1.82) is 0 Å². The molecule has 3 aromatic rings. The van der Waals surface area contributed by atoms with Crippen LogP contribution in [0, 0.1) is 19.8 Å². The Kier molecular flexibility index (Phi) is 9.47. The Labute approximate surface area is 209 Å². The third-order valence-electron chi connectivity index (χ3n) is 6.06. The maximum Gasteiger partial charge on any atom is 0.261 e. The number of carbonyl (C=O) groups is 2. The minimum absolute atomic E-state index is 0.139. The molecule has 0 aliphatic rings. The molecule has 0 saturated heterocycles. The molecule has 0 aliphatic carbocycles. The van der Waals surface area contributed by atoms with Crippen molar-refractivity contribution < 1.29 is 14.3 Å². The largest absolute Gasteiger partial charge is 0.483 e. The van der Waals surface area contributed by atoms with E-state index in [4.69, 9.17) is 4.74 Å². The number of rotatable bonds is 11. The molecule has 0 unspecified atom stereocenters. The SMILES string of the molecule is Cc1cccc(OCC(=O)N(Cc2ccccc2)[C@H](Cc2ccccc2)C(=O)NCC(C)C)c1C. The van der Waals surface area contributed by atoms with Gasteiger partial charge >= 0.3 is 0 Å². The van der Waals surface area contributed by atoms with Crippen LogP contribution in [-0.4, -0.2) is 35.9 Å². The second-order valence-corrected chi connectivity index (χ2v) is 9.34. The van der Waals surface area contributed by atoms with Gasteiger partial charge in [-0.15, -0.1) is 0 Å². The van der Waals surface area contributed by atoms with E-state index in [1.807, 2.05) is 92.7 Å². The summed E-state index contributed by atoms with van der Waals surface area (Å²) in [7, 11) is 0. The zero-order chi connectivity index (χ0) is 25.2. The summed E-state index contributed by atoms with van der Waals surface area (Å²) < 4.78 is 5.95. The van der Waals surface area contributed by atoms with Crippen LogP contribution >= 0.6 is 0 Å². The average molecular weight is 473 g/mol. The van der Waals surface area contributed by atoms with Gasteiger partial charge in [0.2, 0.25) is 5.91 Å². The quantitative estimate of drug-likeness (QED) is 0.423. The Morgan fingerprint density at radius 3 is 2.11 bits per heavy atom. The van der Waals surface area contributed by atoms with Crippen LogP contribution in [0.2, 0.25) is 0 Å². The molecule has 0 aromatic heterocycles. The van der Waals surface area contributed by atoms with Crippen LogP contribution in [0.1, 0.15) is 36.1 Å². The van der Waals surface area contributed by atoms with Gasteiger partial charge in [0.1, 0.15) is 11.8 Å². The monoisotopic (exact) mass is 472 g/mol. The first-order valence-electron chi connectivity index (χ1n) is 12.2. The van der Waals surface area contributed by atoms with Crippen LogP contribution in [-0.2, 0) is 22.6 Å². The van der Waals surface area contributed by atoms with Crippen LogP contribution < -0.4 is 10.1 Å². The van der Waals surface area contributed by atoms with Crippen LogP contribution in [0.25, 0.3) is 0 Å². The lowest BCUT2D eigenvalue weighted by molar-refractivity contribution is -0.142. The van der Waals surface area contributed by atoms with Crippen molar-refractivity contribution >= 4 is 11.8 Å². The molecule has 1 atom stereocenters. The zero-order valence-electron chi connectivity index (χ0n) is 21.2. The minimum Gasteiger partial charge on any atom is -0.483 e. The van der Waals surface area contributed by atoms with E-state index in [2.05, 4.69) is 19.2 Å². The molecule has 3 aromatic carbocycles. The van der Waals surface area contributed by atoms with Gasteiger partial charge in [-0.3, -0.25) is 9.59 Å². The second-order valence-electron chi connectivity index (χ2n) is 9.34. The standard InChI is InChI=1S/C30H36N2O3/c1-22(2)19-31-30(34)27(18-25-13-7-5-8-14-25)32(20-26-15-9-6-10-16-26)29(33)21-35-28-17-11-12-23(3)24(28)4/h5-17,22,27H,18-21H2,1-4H3,(H,31,34)/t27-/m1/s1. The van der Waals surface area contributed by atoms with E-state index in [-0.39, 0.29) is 18.4 Å². The van der Waals surface area contributed by atoms with E-state index in [0.717, 1.165) is 22.3 Å². The highest BCUT2D eigenvalue weighted by atomic mass is 16.5. The van der Waals surface area contributed by atoms with Crippen molar-refractivity contribution in [1.82, 2.24) is 10.2 Å². The lowest BCUT2D eigenvalue weighted by Gasteiger charge is -2.31. The van der Waals surface area contributed by atoms with E-state index in [1.54, 1.807) is 4.90 Å². The minimum atomic E-state index is -0.661. The third-order valence-corrected chi connectivity index (χ3v) is 6.06. The van der Waals surface area contributed by atoms with E-state index >= 15 is 0 Å². The normalized spacial score (nSPS) is 11.7. The topological polar surface area (TPSA) is 58.6 Å². The fourth-order valence-corrected chi connectivity index (χ4v) is 3.86. The summed E-state index contributed by atoms with van der Waals surface area (Å²) in [5, 5.41) is 3.04. The summed E-state index contributed by atoms with van der Waals surface area (Å²) in [6.45, 7) is 8.84. The predicted octanol–water partition coefficient (Wildman–Crippen LogP) is 5.09. The smallest absolute Gasteiger partial charge is 0.261 e. The van der Waals surface area contributed by atoms with Crippen molar-refractivity contribution in [2.24, 2.45) is 5.92 Å². The van der Waals surface area contributed by atoms with E-state index < -0.39 is 6.04 Å². The van der Waals surface area contributed by atoms with Crippen LogP contribution in [0.3, 0.4) is 0 Å². The summed E-state index contributed by atoms with van der Waals surface area (Å²) in [6, 6.07) is 24.7. The van der Waals surface area contributed by atoms with Gasteiger partial charge in [-0.1, -0.05) is 86.6 Å². The molecular formula is C30H36N2O3. The number of nitrogens with one attached hydrogen (secondary N) is 1. The zero-order valence-corrected chi connectivity index (χ0v) is 21.2. The maximum absolute atomic E-state index is 13.6. The summed E-state index contributed by atoms with van der Waals surface area (Å²) in [5.41, 5.74) is 4.07. The molecule has 0 aliphatic heterocycles. The molecular weight excluding hydrogens is 436 g/mol. The number of amides is 2. The van der Waals surface area contributed by atoms with Gasteiger partial charge < -0.3 is 15.0 Å². The van der Waals surface area contributed by atoms with Gasteiger partial charge in [-0.25, -0.2) is 0 Å². The number of hydrogen-bond donors (Lipinski definition) is 1. The van der Waals surface area contributed by atoms with Gasteiger partial charge in [0, 0.05) is 19.5 Å². The number of nitrogens with zero attached hydrogens (tertiary/aromatic N) is 1. The molecule has 2 amide bonds. The Bertz CT molecular complexity index is 1100. The molecule has 5 nitrogen and oxygen atoms in total. The van der Waals surface area contributed by atoms with E-state index in [0.29, 0.717) is 31.2 Å². The van der Waals surface area contributed by atoms with Crippen LogP contribution in [0.15, 0.2) is 78.9 Å². The summed E-state index contributed by atoms with van der Waals surface area (Å²) in [6.07, 6.45) is 0.423. The summed E-state index contributed by atoms with van der Waals surface area (Å²) >= 11 is 0. The Morgan fingerprint density at radius 1 is 0.857 bits per heavy atom. The third kappa shape index (κ3) is 7.71. The Morgan fingerprint density at radius 2 is 1.49 bits per heavy atom. The summed E-state index contributed by atoms with van der Waals surface area (Å²) in [4.78, 5) is 28.7. The van der Waals surface area contributed by atoms with Crippen molar-refractivity contribution in [3.05, 3.63) is 101 Å². The number of ether oxygens (including phenoxy) is 1. The molecule has 0 radical (unpaired) electrons. The van der Waals surface area contributed by atoms with Gasteiger partial charge in [0.25, 0.3) is 5.91 Å². The van der Waals surface area contributed by atoms with Gasteiger partial charge in [0.15, 0.2) is 6.61 Å². The molecule has 184 valence electrons. The van der Waals surface area contributed by atoms with Crippen LogP contribution in [0.5, 0.6) is 5.75 Å². The van der Waals surface area contributed by atoms with Gasteiger partial charge in [-0.2, -0.15) is 0 Å². The summed E-state index contributed by atoms with van der Waals surface area (Å²) in [5.74, 6) is 0.609. The fourth-order valence-electron chi connectivity index (χ4n) is 3.86. The first-order valence-corrected chi connectivity index (χ1v) is 12.2. The fraction of sp³-hybridized carbons (Fsp3) is 0.333. The van der Waals surface area contributed by atoms with Gasteiger partial charge in [-0.05, 0) is 48.1 Å². The first kappa shape index (κ1) is 26.0. The number of aryl methyl sites for hydroxylation is 1. The number of benzene rings is 3. The highest BCUT2D eigenvalue weighted by molar-refractivity contribution is 5.88. The van der Waals surface area contributed by atoms with Crippen LogP contribution in [0.4, 0.5) is 0 Å². The molecule has 35 heavy (non-hydrogen) atoms. The maximum atomic E-state index is 13.6. The van der Waals surface area contributed by atoms with Gasteiger partial charge in [0.05, 0.1) is 0 Å².